The Kier molecular flexibility index (Phi) is 9.73. The maximum absolute atomic E-state index is 11.6. The van der Waals surface area contributed by atoms with E-state index in [1.54, 1.807) is 0 Å². The van der Waals surface area contributed by atoms with Crippen molar-refractivity contribution in [2.45, 2.75) is 52.5 Å². The summed E-state index contributed by atoms with van der Waals surface area (Å²) in [4.78, 5) is 20.8. The molecule has 136 valence electrons. The average Bonchev–Trinajstić information content (AvgIpc) is 2.54. The van der Waals surface area contributed by atoms with E-state index >= 15 is 0 Å². The van der Waals surface area contributed by atoms with E-state index in [1.165, 1.54) is 18.2 Å². The highest BCUT2D eigenvalue weighted by Gasteiger charge is 2.19. The number of nitrogens with one attached hydrogen (secondary N) is 1. The van der Waals surface area contributed by atoms with Crippen molar-refractivity contribution in [3.05, 3.63) is 29.3 Å². The van der Waals surface area contributed by atoms with Gasteiger partial charge in [0.25, 0.3) is 0 Å². The third-order valence-corrected chi connectivity index (χ3v) is 3.46. The van der Waals surface area contributed by atoms with Gasteiger partial charge in [0, 0.05) is 5.69 Å². The molecule has 0 fully saturated rings. The molecule has 24 heavy (non-hydrogen) atoms. The predicted octanol–water partition coefficient (Wildman–Crippen LogP) is 2.94. The summed E-state index contributed by atoms with van der Waals surface area (Å²) in [6, 6.07) is 5.96. The van der Waals surface area contributed by atoms with Crippen LogP contribution < -0.4 is 11.1 Å². The second-order valence-electron chi connectivity index (χ2n) is 6.11. The molecule has 1 rings (SSSR count). The second-order valence-corrected chi connectivity index (χ2v) is 6.11. The van der Waals surface area contributed by atoms with Crippen molar-refractivity contribution in [1.29, 1.82) is 0 Å². The van der Waals surface area contributed by atoms with Gasteiger partial charge in [0.05, 0.1) is 13.7 Å². The smallest absolute Gasteiger partial charge is 0.327 e. The lowest BCUT2D eigenvalue weighted by molar-refractivity contribution is -0.141. The van der Waals surface area contributed by atoms with Crippen molar-refractivity contribution < 1.29 is 19.4 Å². The van der Waals surface area contributed by atoms with Gasteiger partial charge in [-0.05, 0) is 29.9 Å². The Labute approximate surface area is 144 Å². The molecular formula is C18H30N2O4. The molecule has 1 aromatic carbocycles. The Morgan fingerprint density at radius 1 is 1.12 bits per heavy atom. The number of methoxy groups -OCH3 is 1. The molecule has 0 aliphatic heterocycles. The molecule has 0 spiro atoms. The molecule has 4 N–H and O–H groups in total. The van der Waals surface area contributed by atoms with E-state index in [4.69, 9.17) is 9.84 Å². The number of hydrogen-bond donors (Lipinski definition) is 3. The van der Waals surface area contributed by atoms with Gasteiger partial charge < -0.3 is 20.9 Å². The number of carboxylic acid groups (broad SMARTS) is 1. The minimum Gasteiger partial charge on any atom is -0.480 e. The number of para-hydroxylation sites is 1. The molecule has 1 atom stereocenters. The van der Waals surface area contributed by atoms with Crippen LogP contribution in [0.25, 0.3) is 0 Å². The molecule has 1 aromatic rings. The van der Waals surface area contributed by atoms with Crippen molar-refractivity contribution in [3.8, 4) is 0 Å². The molecule has 0 amide bonds. The third kappa shape index (κ3) is 7.00. The number of carbonyl (C=O) groups is 2. The maximum atomic E-state index is 11.6. The van der Waals surface area contributed by atoms with Crippen LogP contribution in [0.5, 0.6) is 0 Å². The van der Waals surface area contributed by atoms with Crippen molar-refractivity contribution in [3.63, 3.8) is 0 Å². The van der Waals surface area contributed by atoms with Crippen LogP contribution >= 0.6 is 0 Å². The molecule has 0 aliphatic carbocycles. The fourth-order valence-electron chi connectivity index (χ4n) is 2.17. The molecule has 0 radical (unpaired) electrons. The fourth-order valence-corrected chi connectivity index (χ4v) is 2.17. The maximum Gasteiger partial charge on any atom is 0.327 e. The number of aliphatic carboxylic acids is 1. The highest BCUT2D eigenvalue weighted by atomic mass is 16.5. The number of nitrogens with two attached hydrogens (primary N) is 1. The summed E-state index contributed by atoms with van der Waals surface area (Å²) in [5.41, 5.74) is 8.12. The molecule has 0 aromatic heterocycles. The zero-order valence-electron chi connectivity index (χ0n) is 15.4. The van der Waals surface area contributed by atoms with E-state index in [9.17, 15) is 9.59 Å². The van der Waals surface area contributed by atoms with Gasteiger partial charge in [-0.25, -0.2) is 4.79 Å². The Bertz CT molecular complexity index is 516. The largest absolute Gasteiger partial charge is 0.480 e. The molecule has 6 heteroatoms. The quantitative estimate of drug-likeness (QED) is 0.689. The second kappa shape index (κ2) is 10.6. The van der Waals surface area contributed by atoms with E-state index in [0.717, 1.165) is 5.69 Å². The van der Waals surface area contributed by atoms with Crippen molar-refractivity contribution in [2.24, 2.45) is 5.73 Å². The zero-order chi connectivity index (χ0) is 18.9. The fraction of sp³-hybridized carbons (Fsp3) is 0.556. The first-order chi connectivity index (χ1) is 11.1. The van der Waals surface area contributed by atoms with Crippen LogP contribution in [-0.4, -0.2) is 36.7 Å². The van der Waals surface area contributed by atoms with Gasteiger partial charge in [-0.2, -0.15) is 0 Å². The minimum absolute atomic E-state index is 0.242. The van der Waals surface area contributed by atoms with Crippen LogP contribution in [0, 0.1) is 0 Å². The number of anilines is 1. The number of esters is 1. The standard InChI is InChI=1S/C16H25NO2.C2H5NO2/c1-10(2)13-8-7-9-14(11(3)4)15(13)17-12(5)16(18)19-6;3-1-2(4)5/h7-12,17H,1-6H3;1,3H2,(H,4,5)/t12-;/m0./s1. The monoisotopic (exact) mass is 338 g/mol. The summed E-state index contributed by atoms with van der Waals surface area (Å²) in [5.74, 6) is -0.393. The summed E-state index contributed by atoms with van der Waals surface area (Å²) < 4.78 is 4.78. The summed E-state index contributed by atoms with van der Waals surface area (Å²) in [5, 5.41) is 10.9. The van der Waals surface area contributed by atoms with Crippen LogP contribution in [0.15, 0.2) is 18.2 Å². The first-order valence-electron chi connectivity index (χ1n) is 8.04. The van der Waals surface area contributed by atoms with Crippen molar-refractivity contribution in [1.82, 2.24) is 0 Å². The van der Waals surface area contributed by atoms with Crippen LogP contribution in [-0.2, 0) is 14.3 Å². The molecule has 0 unspecified atom stereocenters. The highest BCUT2D eigenvalue weighted by molar-refractivity contribution is 5.79. The van der Waals surface area contributed by atoms with Gasteiger partial charge in [-0.1, -0.05) is 45.9 Å². The lowest BCUT2D eigenvalue weighted by atomic mass is 9.92. The van der Waals surface area contributed by atoms with Crippen molar-refractivity contribution >= 4 is 17.6 Å². The van der Waals surface area contributed by atoms with Crippen LogP contribution in [0.4, 0.5) is 5.69 Å². The molecule has 0 saturated heterocycles. The van der Waals surface area contributed by atoms with E-state index in [1.807, 2.05) is 6.92 Å². The number of rotatable bonds is 6. The zero-order valence-corrected chi connectivity index (χ0v) is 15.4. The number of carbonyl (C=O) groups excluding carboxylic acids is 1. The van der Waals surface area contributed by atoms with Crippen LogP contribution in [0.1, 0.15) is 57.6 Å². The van der Waals surface area contributed by atoms with Crippen LogP contribution in [0.2, 0.25) is 0 Å². The van der Waals surface area contributed by atoms with Crippen LogP contribution in [0.3, 0.4) is 0 Å². The van der Waals surface area contributed by atoms with Gasteiger partial charge >= 0.3 is 11.9 Å². The molecule has 0 heterocycles. The number of benzene rings is 1. The first kappa shape index (κ1) is 21.9. The molecular weight excluding hydrogens is 308 g/mol. The van der Waals surface area contributed by atoms with Gasteiger partial charge in [-0.3, -0.25) is 4.79 Å². The summed E-state index contributed by atoms with van der Waals surface area (Å²) in [7, 11) is 1.41. The van der Waals surface area contributed by atoms with E-state index < -0.39 is 5.97 Å². The number of ether oxygens (including phenoxy) is 1. The Hall–Kier alpha value is -2.08. The predicted molar refractivity (Wildman–Crippen MR) is 96.4 cm³/mol. The third-order valence-electron chi connectivity index (χ3n) is 3.46. The molecule has 6 nitrogen and oxygen atoms in total. The lowest BCUT2D eigenvalue weighted by Gasteiger charge is -2.23. The van der Waals surface area contributed by atoms with Gasteiger partial charge in [-0.15, -0.1) is 0 Å². The summed E-state index contributed by atoms with van der Waals surface area (Å²) >= 11 is 0. The van der Waals surface area contributed by atoms with Crippen molar-refractivity contribution in [2.75, 3.05) is 19.0 Å². The minimum atomic E-state index is -0.968. The number of hydrogen-bond acceptors (Lipinski definition) is 5. The molecule has 0 bridgehead atoms. The molecule has 0 saturated carbocycles. The van der Waals surface area contributed by atoms with E-state index in [-0.39, 0.29) is 18.6 Å². The van der Waals surface area contributed by atoms with Gasteiger partial charge in [0.2, 0.25) is 0 Å². The van der Waals surface area contributed by atoms with E-state index in [2.05, 4.69) is 56.9 Å². The molecule has 0 aliphatic rings. The highest BCUT2D eigenvalue weighted by Crippen LogP contribution is 2.32. The van der Waals surface area contributed by atoms with Gasteiger partial charge in [0.1, 0.15) is 6.04 Å². The Morgan fingerprint density at radius 2 is 1.54 bits per heavy atom. The first-order valence-corrected chi connectivity index (χ1v) is 8.04. The summed E-state index contributed by atoms with van der Waals surface area (Å²) in [6.07, 6.45) is 0. The van der Waals surface area contributed by atoms with Gasteiger partial charge in [0.15, 0.2) is 0 Å². The average molecular weight is 338 g/mol. The Balaban J connectivity index is 0.000000922. The topological polar surface area (TPSA) is 102 Å². The number of carboxylic acids is 1. The normalized spacial score (nSPS) is 11.5. The summed E-state index contributed by atoms with van der Waals surface area (Å²) in [6.45, 7) is 10.2. The Morgan fingerprint density at radius 3 is 1.83 bits per heavy atom. The van der Waals surface area contributed by atoms with E-state index in [0.29, 0.717) is 11.8 Å². The lowest BCUT2D eigenvalue weighted by Crippen LogP contribution is -2.28. The SMILES string of the molecule is COC(=O)[C@H](C)Nc1c(C(C)C)cccc1C(C)C.NCC(=O)O.